The molecule has 2 amide bonds. The highest BCUT2D eigenvalue weighted by Crippen LogP contribution is 2.24. The van der Waals surface area contributed by atoms with Gasteiger partial charge in [-0.25, -0.2) is 0 Å². The molecule has 0 aromatic rings. The first-order chi connectivity index (χ1) is 9.23. The molecule has 0 aromatic carbocycles. The van der Waals surface area contributed by atoms with Crippen molar-refractivity contribution in [2.24, 2.45) is 23.7 Å². The molecule has 2 fully saturated rings. The summed E-state index contributed by atoms with van der Waals surface area (Å²) in [4.78, 5) is 25.9. The molecule has 2 saturated heterocycles. The summed E-state index contributed by atoms with van der Waals surface area (Å²) in [6.07, 6.45) is 1.81. The smallest absolute Gasteiger partial charge is 0.225 e. The van der Waals surface area contributed by atoms with Gasteiger partial charge in [0.15, 0.2) is 0 Å². The molecule has 0 saturated carbocycles. The van der Waals surface area contributed by atoms with E-state index in [2.05, 4.69) is 27.7 Å². The van der Waals surface area contributed by atoms with Crippen LogP contribution in [0.25, 0.3) is 0 Å². The van der Waals surface area contributed by atoms with E-state index in [0.29, 0.717) is 35.5 Å². The Balaban J connectivity index is 0.000000200. The number of rotatable bonds is 2. The van der Waals surface area contributed by atoms with Gasteiger partial charge in [0.2, 0.25) is 11.8 Å². The van der Waals surface area contributed by atoms with Crippen molar-refractivity contribution in [3.05, 3.63) is 0 Å². The van der Waals surface area contributed by atoms with Gasteiger partial charge in [-0.15, -0.1) is 0 Å². The largest absolute Gasteiger partial charge is 0.345 e. The minimum absolute atomic E-state index is 0.296. The lowest BCUT2D eigenvalue weighted by atomic mass is 9.95. The Hall–Kier alpha value is -1.06. The van der Waals surface area contributed by atoms with E-state index in [-0.39, 0.29) is 0 Å². The molecule has 0 radical (unpaired) electrons. The molecule has 2 aliphatic rings. The van der Waals surface area contributed by atoms with Crippen LogP contribution in [0.1, 0.15) is 40.5 Å². The quantitative estimate of drug-likeness (QED) is 0.779. The van der Waals surface area contributed by atoms with Crippen molar-refractivity contribution in [2.75, 3.05) is 27.2 Å². The second-order valence-electron chi connectivity index (χ2n) is 6.88. The van der Waals surface area contributed by atoms with Crippen molar-refractivity contribution in [2.45, 2.75) is 40.5 Å². The van der Waals surface area contributed by atoms with Crippen LogP contribution in [0.2, 0.25) is 0 Å². The summed E-state index contributed by atoms with van der Waals surface area (Å²) in [5, 5.41) is 0. The van der Waals surface area contributed by atoms with Crippen LogP contribution >= 0.6 is 0 Å². The molecule has 0 N–H and O–H groups in total. The molecule has 2 aliphatic heterocycles. The van der Waals surface area contributed by atoms with Crippen molar-refractivity contribution in [1.29, 1.82) is 0 Å². The van der Waals surface area contributed by atoms with Gasteiger partial charge in [0, 0.05) is 39.5 Å². The van der Waals surface area contributed by atoms with Gasteiger partial charge in [-0.05, 0) is 24.2 Å². The van der Waals surface area contributed by atoms with Gasteiger partial charge in [-0.1, -0.05) is 27.7 Å². The normalized spacial score (nSPS) is 26.6. The molecule has 0 aromatic heterocycles. The first kappa shape index (κ1) is 17.0. The van der Waals surface area contributed by atoms with Gasteiger partial charge in [0.25, 0.3) is 0 Å². The summed E-state index contributed by atoms with van der Waals surface area (Å²) >= 11 is 0. The molecule has 116 valence electrons. The molecule has 2 unspecified atom stereocenters. The fourth-order valence-corrected chi connectivity index (χ4v) is 2.81. The number of hydrogen-bond donors (Lipinski definition) is 0. The molecule has 2 atom stereocenters. The first-order valence-corrected chi connectivity index (χ1v) is 7.73. The molecule has 0 spiro atoms. The number of nitrogens with zero attached hydrogens (tertiary/aromatic N) is 2. The maximum atomic E-state index is 11.3. The van der Waals surface area contributed by atoms with Crippen molar-refractivity contribution in [3.8, 4) is 0 Å². The summed E-state index contributed by atoms with van der Waals surface area (Å²) in [7, 11) is 3.76. The van der Waals surface area contributed by atoms with Crippen LogP contribution in [0, 0.1) is 23.7 Å². The Morgan fingerprint density at radius 1 is 1.00 bits per heavy atom. The van der Waals surface area contributed by atoms with Crippen LogP contribution in [0.15, 0.2) is 0 Å². The van der Waals surface area contributed by atoms with E-state index < -0.39 is 0 Å². The molecular weight excluding hydrogens is 252 g/mol. The van der Waals surface area contributed by atoms with Gasteiger partial charge in [0.1, 0.15) is 0 Å². The minimum atomic E-state index is 0.296. The molecule has 2 rings (SSSR count). The topological polar surface area (TPSA) is 40.6 Å². The highest BCUT2D eigenvalue weighted by molar-refractivity contribution is 5.80. The standard InChI is InChI=1S/2C8H15NO/c1-6(2)7-4-8(10)9(3)5-7;1-6(2)7-4-5-9(3)8(7)10/h2*6-7H,4-5H2,1-3H3. The van der Waals surface area contributed by atoms with Crippen molar-refractivity contribution < 1.29 is 9.59 Å². The predicted octanol–water partition coefficient (Wildman–Crippen LogP) is 2.24. The average molecular weight is 282 g/mol. The number of likely N-dealkylation sites (tertiary alicyclic amines) is 2. The van der Waals surface area contributed by atoms with E-state index in [4.69, 9.17) is 0 Å². The maximum absolute atomic E-state index is 11.3. The summed E-state index contributed by atoms with van der Waals surface area (Å²) in [5.41, 5.74) is 0. The Morgan fingerprint density at radius 3 is 1.80 bits per heavy atom. The van der Waals surface area contributed by atoms with E-state index in [0.717, 1.165) is 25.9 Å². The van der Waals surface area contributed by atoms with Crippen LogP contribution in [0.5, 0.6) is 0 Å². The molecule has 4 nitrogen and oxygen atoms in total. The SMILES string of the molecule is CC(C)C1CC(=O)N(C)C1.CC(C)C1CCN(C)C1=O. The van der Waals surface area contributed by atoms with Crippen molar-refractivity contribution in [3.63, 3.8) is 0 Å². The monoisotopic (exact) mass is 282 g/mol. The summed E-state index contributed by atoms with van der Waals surface area (Å²) in [6, 6.07) is 0. The lowest BCUT2D eigenvalue weighted by Gasteiger charge is -2.12. The van der Waals surface area contributed by atoms with Gasteiger partial charge >= 0.3 is 0 Å². The molecule has 0 aliphatic carbocycles. The second-order valence-corrected chi connectivity index (χ2v) is 6.88. The number of carbonyl (C=O) groups excluding carboxylic acids is 2. The highest BCUT2D eigenvalue weighted by Gasteiger charge is 2.31. The zero-order valence-corrected chi connectivity index (χ0v) is 13.8. The maximum Gasteiger partial charge on any atom is 0.225 e. The second kappa shape index (κ2) is 7.09. The van der Waals surface area contributed by atoms with Crippen molar-refractivity contribution in [1.82, 2.24) is 9.80 Å². The molecule has 2 heterocycles. The van der Waals surface area contributed by atoms with E-state index in [1.54, 1.807) is 0 Å². The minimum Gasteiger partial charge on any atom is -0.345 e. The van der Waals surface area contributed by atoms with Gasteiger partial charge in [0.05, 0.1) is 0 Å². The fourth-order valence-electron chi connectivity index (χ4n) is 2.81. The molecule has 4 heteroatoms. The molecule has 0 bridgehead atoms. The van der Waals surface area contributed by atoms with Crippen LogP contribution in [-0.2, 0) is 9.59 Å². The predicted molar refractivity (Wildman–Crippen MR) is 81.2 cm³/mol. The lowest BCUT2D eigenvalue weighted by Crippen LogP contribution is -2.24. The third-order valence-corrected chi connectivity index (χ3v) is 4.59. The van der Waals surface area contributed by atoms with E-state index in [1.165, 1.54) is 0 Å². The average Bonchev–Trinajstić information content (AvgIpc) is 2.86. The van der Waals surface area contributed by atoms with Crippen LogP contribution < -0.4 is 0 Å². The Kier molecular flexibility index (Phi) is 6.03. The Labute approximate surface area is 123 Å². The summed E-state index contributed by atoms with van der Waals surface area (Å²) < 4.78 is 0. The van der Waals surface area contributed by atoms with Crippen molar-refractivity contribution >= 4 is 11.8 Å². The lowest BCUT2D eigenvalue weighted by molar-refractivity contribution is -0.131. The summed E-state index contributed by atoms with van der Waals surface area (Å²) in [5.74, 6) is 2.68. The molecular formula is C16H30N2O2. The highest BCUT2D eigenvalue weighted by atomic mass is 16.2. The third kappa shape index (κ3) is 4.22. The number of amides is 2. The van der Waals surface area contributed by atoms with Gasteiger partial charge in [-0.3, -0.25) is 9.59 Å². The fraction of sp³-hybridized carbons (Fsp3) is 0.875. The third-order valence-electron chi connectivity index (χ3n) is 4.59. The Morgan fingerprint density at radius 2 is 1.60 bits per heavy atom. The van der Waals surface area contributed by atoms with Crippen LogP contribution in [0.3, 0.4) is 0 Å². The Bertz CT molecular complexity index is 352. The van der Waals surface area contributed by atoms with E-state index >= 15 is 0 Å². The van der Waals surface area contributed by atoms with E-state index in [1.807, 2.05) is 23.9 Å². The van der Waals surface area contributed by atoms with Gasteiger partial charge in [-0.2, -0.15) is 0 Å². The van der Waals surface area contributed by atoms with E-state index in [9.17, 15) is 9.59 Å². The molecule has 20 heavy (non-hydrogen) atoms. The first-order valence-electron chi connectivity index (χ1n) is 7.73. The number of carbonyl (C=O) groups is 2. The zero-order valence-electron chi connectivity index (χ0n) is 13.8. The van der Waals surface area contributed by atoms with Crippen LogP contribution in [-0.4, -0.2) is 48.8 Å². The number of hydrogen-bond acceptors (Lipinski definition) is 2. The van der Waals surface area contributed by atoms with Gasteiger partial charge < -0.3 is 9.80 Å². The summed E-state index contributed by atoms with van der Waals surface area (Å²) in [6.45, 7) is 10.5. The van der Waals surface area contributed by atoms with Crippen LogP contribution in [0.4, 0.5) is 0 Å². The zero-order chi connectivity index (χ0) is 15.4.